The van der Waals surface area contributed by atoms with Crippen molar-refractivity contribution in [3.05, 3.63) is 200 Å². The van der Waals surface area contributed by atoms with Crippen LogP contribution in [0.15, 0.2) is 200 Å². The van der Waals surface area contributed by atoms with Crippen LogP contribution in [0.25, 0.3) is 55.3 Å². The van der Waals surface area contributed by atoms with Crippen LogP contribution >= 0.6 is 0 Å². The number of anilines is 3. The lowest BCUT2D eigenvalue weighted by atomic mass is 9.98. The van der Waals surface area contributed by atoms with Crippen molar-refractivity contribution < 1.29 is 0 Å². The van der Waals surface area contributed by atoms with E-state index in [9.17, 15) is 0 Å². The zero-order valence-corrected chi connectivity index (χ0v) is 26.0. The molecule has 47 heavy (non-hydrogen) atoms. The van der Waals surface area contributed by atoms with E-state index in [1.165, 1.54) is 55.3 Å². The lowest BCUT2D eigenvalue weighted by Gasteiger charge is -2.26. The molecule has 0 atom stereocenters. The van der Waals surface area contributed by atoms with Crippen molar-refractivity contribution in [2.24, 2.45) is 0 Å². The molecule has 0 saturated heterocycles. The monoisotopic (exact) mass is 599 g/mol. The summed E-state index contributed by atoms with van der Waals surface area (Å²) in [5.74, 6) is 0. The Morgan fingerprint density at radius 2 is 0.617 bits per heavy atom. The standard InChI is InChI=1S/C46H33N/c1-3-11-34(12-4-1)37-23-27-44(28-24-37)47(45-29-25-38(26-30-45)43-22-21-36-15-7-8-16-39(36)32-43)46-20-10-19-42(33-46)41-18-9-17-40(31-41)35-13-5-2-6-14-35/h1-33H. The second-order valence-corrected chi connectivity index (χ2v) is 11.9. The third-order valence-corrected chi connectivity index (χ3v) is 8.85. The van der Waals surface area contributed by atoms with Crippen LogP contribution in [0.1, 0.15) is 0 Å². The smallest absolute Gasteiger partial charge is 0.0467 e. The molecule has 0 aromatic heterocycles. The first-order chi connectivity index (χ1) is 23.3. The van der Waals surface area contributed by atoms with Gasteiger partial charge in [0.05, 0.1) is 0 Å². The fraction of sp³-hybridized carbons (Fsp3) is 0. The molecule has 0 spiro atoms. The topological polar surface area (TPSA) is 3.24 Å². The van der Waals surface area contributed by atoms with Crippen molar-refractivity contribution in [2.75, 3.05) is 4.90 Å². The molecule has 0 bridgehead atoms. The molecular formula is C46H33N. The highest BCUT2D eigenvalue weighted by Crippen LogP contribution is 2.39. The van der Waals surface area contributed by atoms with Gasteiger partial charge in [-0.05, 0) is 104 Å². The van der Waals surface area contributed by atoms with Crippen LogP contribution in [-0.2, 0) is 0 Å². The van der Waals surface area contributed by atoms with E-state index in [-0.39, 0.29) is 0 Å². The van der Waals surface area contributed by atoms with E-state index in [0.717, 1.165) is 17.1 Å². The van der Waals surface area contributed by atoms with E-state index in [2.05, 4.69) is 205 Å². The van der Waals surface area contributed by atoms with E-state index < -0.39 is 0 Å². The molecule has 8 aromatic rings. The molecule has 0 fully saturated rings. The van der Waals surface area contributed by atoms with Gasteiger partial charge in [0.2, 0.25) is 0 Å². The minimum Gasteiger partial charge on any atom is -0.310 e. The molecule has 1 heteroatoms. The van der Waals surface area contributed by atoms with Gasteiger partial charge >= 0.3 is 0 Å². The highest BCUT2D eigenvalue weighted by Gasteiger charge is 2.15. The molecule has 0 aliphatic heterocycles. The van der Waals surface area contributed by atoms with Gasteiger partial charge in [0, 0.05) is 17.1 Å². The molecule has 0 aliphatic rings. The molecule has 0 heterocycles. The van der Waals surface area contributed by atoms with Crippen LogP contribution < -0.4 is 4.90 Å². The summed E-state index contributed by atoms with van der Waals surface area (Å²) in [6.45, 7) is 0. The van der Waals surface area contributed by atoms with E-state index in [0.29, 0.717) is 0 Å². The number of benzene rings is 8. The zero-order chi connectivity index (χ0) is 31.4. The van der Waals surface area contributed by atoms with Gasteiger partial charge in [-0.15, -0.1) is 0 Å². The first-order valence-electron chi connectivity index (χ1n) is 16.1. The molecule has 1 nitrogen and oxygen atoms in total. The van der Waals surface area contributed by atoms with Gasteiger partial charge in [-0.3, -0.25) is 0 Å². The van der Waals surface area contributed by atoms with Gasteiger partial charge in [0.1, 0.15) is 0 Å². The highest BCUT2D eigenvalue weighted by atomic mass is 15.1. The molecule has 0 unspecified atom stereocenters. The first kappa shape index (κ1) is 28.3. The van der Waals surface area contributed by atoms with E-state index in [4.69, 9.17) is 0 Å². The maximum Gasteiger partial charge on any atom is 0.0467 e. The maximum atomic E-state index is 2.35. The molecule has 0 saturated carbocycles. The average molecular weight is 600 g/mol. The zero-order valence-electron chi connectivity index (χ0n) is 26.0. The lowest BCUT2D eigenvalue weighted by Crippen LogP contribution is -2.10. The third kappa shape index (κ3) is 5.95. The summed E-state index contributed by atoms with van der Waals surface area (Å²) in [5, 5.41) is 2.51. The van der Waals surface area contributed by atoms with Gasteiger partial charge in [-0.1, -0.05) is 152 Å². The van der Waals surface area contributed by atoms with E-state index in [1.807, 2.05) is 0 Å². The molecule has 0 amide bonds. The molecule has 0 radical (unpaired) electrons. The number of rotatable bonds is 7. The second kappa shape index (κ2) is 12.7. The predicted octanol–water partition coefficient (Wildman–Crippen LogP) is 13.0. The number of hydrogen-bond acceptors (Lipinski definition) is 1. The first-order valence-corrected chi connectivity index (χ1v) is 16.1. The van der Waals surface area contributed by atoms with Crippen LogP contribution in [0.4, 0.5) is 17.1 Å². The van der Waals surface area contributed by atoms with Crippen molar-refractivity contribution >= 4 is 27.8 Å². The van der Waals surface area contributed by atoms with Crippen molar-refractivity contribution in [2.45, 2.75) is 0 Å². The molecule has 222 valence electrons. The fourth-order valence-electron chi connectivity index (χ4n) is 6.39. The normalized spacial score (nSPS) is 11.0. The van der Waals surface area contributed by atoms with Crippen LogP contribution in [0.2, 0.25) is 0 Å². The van der Waals surface area contributed by atoms with Gasteiger partial charge in [0.25, 0.3) is 0 Å². The lowest BCUT2D eigenvalue weighted by molar-refractivity contribution is 1.28. The Kier molecular flexibility index (Phi) is 7.63. The summed E-state index contributed by atoms with van der Waals surface area (Å²) < 4.78 is 0. The Balaban J connectivity index is 1.19. The highest BCUT2D eigenvalue weighted by molar-refractivity contribution is 5.88. The van der Waals surface area contributed by atoms with Gasteiger partial charge in [-0.2, -0.15) is 0 Å². The predicted molar refractivity (Wildman–Crippen MR) is 200 cm³/mol. The molecule has 8 rings (SSSR count). The fourth-order valence-corrected chi connectivity index (χ4v) is 6.39. The van der Waals surface area contributed by atoms with Crippen molar-refractivity contribution in [1.29, 1.82) is 0 Å². The second-order valence-electron chi connectivity index (χ2n) is 11.9. The Morgan fingerprint density at radius 1 is 0.213 bits per heavy atom. The van der Waals surface area contributed by atoms with E-state index in [1.54, 1.807) is 0 Å². The van der Waals surface area contributed by atoms with Crippen LogP contribution in [-0.4, -0.2) is 0 Å². The average Bonchev–Trinajstić information content (AvgIpc) is 3.16. The SMILES string of the molecule is c1ccc(-c2ccc(N(c3ccc(-c4ccc5ccccc5c4)cc3)c3cccc(-c4cccc(-c5ccccc5)c4)c3)cc2)cc1. The van der Waals surface area contributed by atoms with Crippen molar-refractivity contribution in [3.8, 4) is 44.5 Å². The van der Waals surface area contributed by atoms with Gasteiger partial charge in [-0.25, -0.2) is 0 Å². The Labute approximate surface area is 276 Å². The summed E-state index contributed by atoms with van der Waals surface area (Å²) in [5.41, 5.74) is 13.0. The number of hydrogen-bond donors (Lipinski definition) is 0. The molecule has 0 N–H and O–H groups in total. The molecule has 0 aliphatic carbocycles. The summed E-state index contributed by atoms with van der Waals surface area (Å²) in [6.07, 6.45) is 0. The van der Waals surface area contributed by atoms with Crippen molar-refractivity contribution in [3.63, 3.8) is 0 Å². The van der Waals surface area contributed by atoms with Crippen LogP contribution in [0, 0.1) is 0 Å². The Morgan fingerprint density at radius 3 is 1.26 bits per heavy atom. The Bertz CT molecular complexity index is 2270. The van der Waals surface area contributed by atoms with Gasteiger partial charge in [0.15, 0.2) is 0 Å². The molecule has 8 aromatic carbocycles. The van der Waals surface area contributed by atoms with Crippen LogP contribution in [0.5, 0.6) is 0 Å². The minimum atomic E-state index is 1.11. The van der Waals surface area contributed by atoms with E-state index >= 15 is 0 Å². The minimum absolute atomic E-state index is 1.11. The van der Waals surface area contributed by atoms with Gasteiger partial charge < -0.3 is 4.90 Å². The summed E-state index contributed by atoms with van der Waals surface area (Å²) in [4.78, 5) is 2.35. The van der Waals surface area contributed by atoms with Crippen molar-refractivity contribution in [1.82, 2.24) is 0 Å². The largest absolute Gasteiger partial charge is 0.310 e. The summed E-state index contributed by atoms with van der Waals surface area (Å²) >= 11 is 0. The maximum absolute atomic E-state index is 2.35. The quantitative estimate of drug-likeness (QED) is 0.176. The number of fused-ring (bicyclic) bond motifs is 1. The molecular weight excluding hydrogens is 567 g/mol. The van der Waals surface area contributed by atoms with Crippen LogP contribution in [0.3, 0.4) is 0 Å². The summed E-state index contributed by atoms with van der Waals surface area (Å²) in [6, 6.07) is 71.8. The summed E-state index contributed by atoms with van der Waals surface area (Å²) in [7, 11) is 0. The third-order valence-electron chi connectivity index (χ3n) is 8.85. The Hall–Kier alpha value is -6.18. The number of nitrogens with zero attached hydrogens (tertiary/aromatic N) is 1.